The summed E-state index contributed by atoms with van der Waals surface area (Å²) in [4.78, 5) is 0. The average Bonchev–Trinajstić information content (AvgIpc) is 3.76. The van der Waals surface area contributed by atoms with Crippen molar-refractivity contribution in [3.63, 3.8) is 0 Å². The molecule has 3 heteroatoms. The molecule has 218 valence electrons. The van der Waals surface area contributed by atoms with Crippen LogP contribution >= 0.6 is 11.3 Å². The van der Waals surface area contributed by atoms with Crippen LogP contribution in [0.2, 0.25) is 0 Å². The molecule has 1 aliphatic rings. The lowest BCUT2D eigenvalue weighted by Crippen LogP contribution is -2.06. The maximum absolute atomic E-state index is 2.50. The molecule has 1 aliphatic carbocycles. The van der Waals surface area contributed by atoms with Crippen molar-refractivity contribution in [2.45, 2.75) is 13.3 Å². The summed E-state index contributed by atoms with van der Waals surface area (Å²) in [6, 6.07) is 49.2. The van der Waals surface area contributed by atoms with Crippen molar-refractivity contribution >= 4 is 70.3 Å². The summed E-state index contributed by atoms with van der Waals surface area (Å²) >= 11 is 1.88. The first-order chi connectivity index (χ1) is 22.7. The van der Waals surface area contributed by atoms with E-state index in [9.17, 15) is 0 Å². The van der Waals surface area contributed by atoms with E-state index in [4.69, 9.17) is 0 Å². The molecule has 0 radical (unpaired) electrons. The van der Waals surface area contributed by atoms with Gasteiger partial charge >= 0.3 is 0 Å². The van der Waals surface area contributed by atoms with Gasteiger partial charge in [0, 0.05) is 53.3 Å². The molecule has 0 amide bonds. The number of hydrogen-bond acceptors (Lipinski definition) is 1. The fraction of sp³-hybridized carbons (Fsp3) is 0.0698. The number of nitrogens with zero attached hydrogens (tertiary/aromatic N) is 2. The molecule has 0 bridgehead atoms. The predicted molar refractivity (Wildman–Crippen MR) is 198 cm³/mol. The molecule has 46 heavy (non-hydrogen) atoms. The topological polar surface area (TPSA) is 9.86 Å². The second-order valence-electron chi connectivity index (χ2n) is 12.6. The Labute approximate surface area is 271 Å². The van der Waals surface area contributed by atoms with E-state index in [1.54, 1.807) is 0 Å². The van der Waals surface area contributed by atoms with Gasteiger partial charge in [-0.15, -0.1) is 11.3 Å². The maximum Gasteiger partial charge on any atom is 0.0634 e. The molecule has 0 saturated heterocycles. The summed E-state index contributed by atoms with van der Waals surface area (Å²) in [7, 11) is 0. The molecule has 9 aromatic rings. The number of fused-ring (bicyclic) bond motifs is 10. The smallest absolute Gasteiger partial charge is 0.0634 e. The third-order valence-electron chi connectivity index (χ3n) is 9.86. The molecule has 0 spiro atoms. The second kappa shape index (κ2) is 9.81. The van der Waals surface area contributed by atoms with Crippen LogP contribution in [0.5, 0.6) is 0 Å². The lowest BCUT2D eigenvalue weighted by atomic mass is 9.93. The van der Waals surface area contributed by atoms with Crippen LogP contribution in [0.15, 0.2) is 140 Å². The Hall–Kier alpha value is -5.38. The molecule has 0 fully saturated rings. The highest BCUT2D eigenvalue weighted by Gasteiger charge is 2.23. The monoisotopic (exact) mass is 606 g/mol. The van der Waals surface area contributed by atoms with Gasteiger partial charge in [-0.2, -0.15) is 0 Å². The fourth-order valence-corrected chi connectivity index (χ4v) is 8.99. The number of benzene rings is 6. The molecule has 3 heterocycles. The van der Waals surface area contributed by atoms with Crippen molar-refractivity contribution in [3.05, 3.63) is 151 Å². The Morgan fingerprint density at radius 2 is 1.35 bits per heavy atom. The third kappa shape index (κ3) is 3.64. The zero-order valence-corrected chi connectivity index (χ0v) is 26.3. The van der Waals surface area contributed by atoms with E-state index in [2.05, 4.69) is 162 Å². The molecule has 1 atom stereocenters. The zero-order chi connectivity index (χ0) is 30.4. The maximum atomic E-state index is 2.50. The van der Waals surface area contributed by atoms with E-state index in [0.29, 0.717) is 5.92 Å². The van der Waals surface area contributed by atoms with Gasteiger partial charge < -0.3 is 9.13 Å². The molecule has 0 aliphatic heterocycles. The van der Waals surface area contributed by atoms with Gasteiger partial charge in [0.05, 0.1) is 22.2 Å². The van der Waals surface area contributed by atoms with Crippen molar-refractivity contribution in [2.24, 2.45) is 5.92 Å². The largest absolute Gasteiger partial charge is 0.309 e. The molecule has 2 nitrogen and oxygen atoms in total. The van der Waals surface area contributed by atoms with Crippen LogP contribution in [-0.4, -0.2) is 9.13 Å². The molecule has 0 saturated carbocycles. The first kappa shape index (κ1) is 25.9. The Bertz CT molecular complexity index is 2700. The summed E-state index contributed by atoms with van der Waals surface area (Å²) in [5.41, 5.74) is 11.4. The van der Waals surface area contributed by atoms with Crippen molar-refractivity contribution < 1.29 is 0 Å². The summed E-state index contributed by atoms with van der Waals surface area (Å²) < 4.78 is 7.63. The molecule has 3 aromatic heterocycles. The Kier molecular flexibility index (Phi) is 5.52. The number of hydrogen-bond donors (Lipinski definition) is 0. The quantitative estimate of drug-likeness (QED) is 0.189. The van der Waals surface area contributed by atoms with Crippen LogP contribution in [0.25, 0.3) is 81.5 Å². The Morgan fingerprint density at radius 1 is 0.609 bits per heavy atom. The SMILES string of the molecule is CC1C=Cc2c(c3ccccc3n2-c2ccccc2-c2cccc(-n3c4ccccc4c4ccc5sc6ccccc6c5c43)c2)C1. The number of thiophene rings is 1. The normalized spacial score (nSPS) is 14.7. The molecule has 10 rings (SSSR count). The predicted octanol–water partition coefficient (Wildman–Crippen LogP) is 12.0. The van der Waals surface area contributed by atoms with Gasteiger partial charge in [-0.3, -0.25) is 0 Å². The summed E-state index contributed by atoms with van der Waals surface area (Å²) in [6.45, 7) is 2.31. The standard InChI is InChI=1S/C43H30N2S/c1-27-21-23-39-35(25-27)32-15-4-8-19-38(32)45(39)36-17-6-2-13-30(36)28-11-10-12-29(26-28)44-37-18-7-3-14-31(37)33-22-24-41-42(43(33)44)34-16-5-9-20-40(34)46-41/h2-24,26-27H,25H2,1H3. The number of allylic oxidation sites excluding steroid dienone is 1. The molecular weight excluding hydrogens is 577 g/mol. The number of rotatable bonds is 3. The van der Waals surface area contributed by atoms with Crippen LogP contribution < -0.4 is 0 Å². The highest BCUT2D eigenvalue weighted by Crippen LogP contribution is 2.44. The van der Waals surface area contributed by atoms with Crippen molar-refractivity contribution in [2.75, 3.05) is 0 Å². The van der Waals surface area contributed by atoms with Crippen LogP contribution in [0.1, 0.15) is 18.2 Å². The van der Waals surface area contributed by atoms with E-state index in [1.165, 1.54) is 86.6 Å². The highest BCUT2D eigenvalue weighted by molar-refractivity contribution is 7.26. The van der Waals surface area contributed by atoms with Gasteiger partial charge in [0.1, 0.15) is 0 Å². The van der Waals surface area contributed by atoms with Gasteiger partial charge in [-0.05, 0) is 72.0 Å². The van der Waals surface area contributed by atoms with Gasteiger partial charge in [-0.1, -0.05) is 104 Å². The number of para-hydroxylation sites is 3. The van der Waals surface area contributed by atoms with E-state index >= 15 is 0 Å². The van der Waals surface area contributed by atoms with E-state index in [-0.39, 0.29) is 0 Å². The minimum atomic E-state index is 0.539. The van der Waals surface area contributed by atoms with Crippen LogP contribution in [0, 0.1) is 5.92 Å². The van der Waals surface area contributed by atoms with Gasteiger partial charge in [0.25, 0.3) is 0 Å². The minimum absolute atomic E-state index is 0.539. The molecule has 6 aromatic carbocycles. The molecule has 0 N–H and O–H groups in total. The Balaban J connectivity index is 1.25. The third-order valence-corrected chi connectivity index (χ3v) is 11.0. The molecular formula is C43H30N2S. The zero-order valence-electron chi connectivity index (χ0n) is 25.4. The van der Waals surface area contributed by atoms with Gasteiger partial charge in [0.15, 0.2) is 0 Å². The van der Waals surface area contributed by atoms with E-state index < -0.39 is 0 Å². The van der Waals surface area contributed by atoms with Crippen LogP contribution in [0.4, 0.5) is 0 Å². The molecule has 1 unspecified atom stereocenters. The number of aromatic nitrogens is 2. The second-order valence-corrected chi connectivity index (χ2v) is 13.7. The average molecular weight is 607 g/mol. The van der Waals surface area contributed by atoms with Crippen LogP contribution in [0.3, 0.4) is 0 Å². The van der Waals surface area contributed by atoms with Crippen molar-refractivity contribution in [1.29, 1.82) is 0 Å². The lowest BCUT2D eigenvalue weighted by molar-refractivity contribution is 0.718. The van der Waals surface area contributed by atoms with Gasteiger partial charge in [-0.25, -0.2) is 0 Å². The minimum Gasteiger partial charge on any atom is -0.309 e. The van der Waals surface area contributed by atoms with E-state index in [1.807, 2.05) is 11.3 Å². The van der Waals surface area contributed by atoms with Crippen molar-refractivity contribution in [3.8, 4) is 22.5 Å². The highest BCUT2D eigenvalue weighted by atomic mass is 32.1. The van der Waals surface area contributed by atoms with Crippen molar-refractivity contribution in [1.82, 2.24) is 9.13 Å². The first-order valence-corrected chi connectivity index (χ1v) is 16.9. The summed E-state index contributed by atoms with van der Waals surface area (Å²) in [5.74, 6) is 0.539. The Morgan fingerprint density at radius 3 is 2.24 bits per heavy atom. The fourth-order valence-electron chi connectivity index (χ4n) is 7.88. The summed E-state index contributed by atoms with van der Waals surface area (Å²) in [6.07, 6.45) is 5.76. The summed E-state index contributed by atoms with van der Waals surface area (Å²) in [5, 5.41) is 6.60. The van der Waals surface area contributed by atoms with Crippen LogP contribution in [-0.2, 0) is 6.42 Å². The van der Waals surface area contributed by atoms with E-state index in [0.717, 1.165) is 6.42 Å². The van der Waals surface area contributed by atoms with Gasteiger partial charge in [0.2, 0.25) is 0 Å². The lowest BCUT2D eigenvalue weighted by Gasteiger charge is -2.18. The first-order valence-electron chi connectivity index (χ1n) is 16.1.